The van der Waals surface area contributed by atoms with Crippen molar-refractivity contribution in [2.75, 3.05) is 6.54 Å². The maximum absolute atomic E-state index is 5.40. The Balaban J connectivity index is 1.67. The van der Waals surface area contributed by atoms with Crippen molar-refractivity contribution in [2.24, 2.45) is 5.92 Å². The van der Waals surface area contributed by atoms with Crippen LogP contribution in [0.1, 0.15) is 44.9 Å². The van der Waals surface area contributed by atoms with Crippen molar-refractivity contribution in [1.82, 2.24) is 15.5 Å². The zero-order valence-corrected chi connectivity index (χ0v) is 12.5. The molecule has 0 amide bonds. The van der Waals surface area contributed by atoms with Crippen LogP contribution in [0.4, 0.5) is 0 Å². The molecule has 0 radical (unpaired) electrons. The van der Waals surface area contributed by atoms with Gasteiger partial charge in [-0.15, -0.1) is 0 Å². The fourth-order valence-electron chi connectivity index (χ4n) is 3.13. The molecule has 2 aromatic heterocycles. The van der Waals surface area contributed by atoms with E-state index in [0.29, 0.717) is 23.5 Å². The zero-order chi connectivity index (χ0) is 14.5. The van der Waals surface area contributed by atoms with Crippen LogP contribution in [-0.4, -0.2) is 22.7 Å². The topological polar surface area (TPSA) is 64.1 Å². The third-order valence-corrected chi connectivity index (χ3v) is 4.23. The summed E-state index contributed by atoms with van der Waals surface area (Å²) >= 11 is 0. The van der Waals surface area contributed by atoms with E-state index in [0.717, 1.165) is 25.3 Å². The van der Waals surface area contributed by atoms with Gasteiger partial charge in [-0.05, 0) is 43.9 Å². The Morgan fingerprint density at radius 1 is 1.38 bits per heavy atom. The van der Waals surface area contributed by atoms with Gasteiger partial charge >= 0.3 is 0 Å². The van der Waals surface area contributed by atoms with Crippen molar-refractivity contribution in [3.8, 4) is 11.6 Å². The summed E-state index contributed by atoms with van der Waals surface area (Å²) < 4.78 is 10.7. The summed E-state index contributed by atoms with van der Waals surface area (Å²) in [6, 6.07) is 4.12. The monoisotopic (exact) mass is 289 g/mol. The number of furan rings is 1. The summed E-state index contributed by atoms with van der Waals surface area (Å²) in [4.78, 5) is 4.46. The van der Waals surface area contributed by atoms with E-state index < -0.39 is 0 Å². The molecule has 0 bridgehead atoms. The molecule has 3 rings (SSSR count). The van der Waals surface area contributed by atoms with Crippen molar-refractivity contribution >= 4 is 0 Å². The van der Waals surface area contributed by atoms with Crippen molar-refractivity contribution in [3.63, 3.8) is 0 Å². The predicted octanol–water partition coefficient (Wildman–Crippen LogP) is 3.43. The Morgan fingerprint density at radius 2 is 2.24 bits per heavy atom. The Hall–Kier alpha value is -1.62. The van der Waals surface area contributed by atoms with Crippen molar-refractivity contribution in [2.45, 2.75) is 51.5 Å². The highest BCUT2D eigenvalue weighted by atomic mass is 16.5. The number of hydrogen-bond donors (Lipinski definition) is 1. The maximum Gasteiger partial charge on any atom is 0.238 e. The molecule has 1 fully saturated rings. The van der Waals surface area contributed by atoms with E-state index >= 15 is 0 Å². The molecule has 1 N–H and O–H groups in total. The van der Waals surface area contributed by atoms with Crippen LogP contribution >= 0.6 is 0 Å². The van der Waals surface area contributed by atoms with Gasteiger partial charge in [-0.2, -0.15) is 4.98 Å². The first-order chi connectivity index (χ1) is 10.4. The summed E-state index contributed by atoms with van der Waals surface area (Å²) in [5, 5.41) is 7.66. The van der Waals surface area contributed by atoms with E-state index in [2.05, 4.69) is 22.4 Å². The number of hydrogen-bond acceptors (Lipinski definition) is 5. The maximum atomic E-state index is 5.40. The molecule has 0 saturated heterocycles. The van der Waals surface area contributed by atoms with Gasteiger partial charge in [0.05, 0.1) is 6.26 Å². The van der Waals surface area contributed by atoms with Crippen LogP contribution < -0.4 is 5.32 Å². The van der Waals surface area contributed by atoms with Crippen LogP contribution in [0.2, 0.25) is 0 Å². The summed E-state index contributed by atoms with van der Waals surface area (Å²) in [7, 11) is 0. The van der Waals surface area contributed by atoms with Gasteiger partial charge in [-0.1, -0.05) is 24.9 Å². The molecule has 114 valence electrons. The average molecular weight is 289 g/mol. The van der Waals surface area contributed by atoms with Crippen LogP contribution in [0.3, 0.4) is 0 Å². The average Bonchev–Trinajstić information content (AvgIpc) is 3.24. The molecule has 1 aliphatic carbocycles. The van der Waals surface area contributed by atoms with Crippen LogP contribution in [0.15, 0.2) is 27.3 Å². The number of rotatable bonds is 7. The van der Waals surface area contributed by atoms with Gasteiger partial charge in [0.1, 0.15) is 0 Å². The van der Waals surface area contributed by atoms with Crippen LogP contribution in [-0.2, 0) is 6.42 Å². The lowest BCUT2D eigenvalue weighted by atomic mass is 9.95. The Bertz CT molecular complexity index is 529. The second kappa shape index (κ2) is 6.89. The molecular formula is C16H23N3O2. The number of nitrogens with zero attached hydrogens (tertiary/aromatic N) is 2. The fourth-order valence-corrected chi connectivity index (χ4v) is 3.13. The Morgan fingerprint density at radius 3 is 2.95 bits per heavy atom. The molecule has 5 heteroatoms. The molecule has 1 atom stereocenters. The molecule has 21 heavy (non-hydrogen) atoms. The zero-order valence-electron chi connectivity index (χ0n) is 12.5. The van der Waals surface area contributed by atoms with Crippen LogP contribution in [0.25, 0.3) is 11.6 Å². The predicted molar refractivity (Wildman–Crippen MR) is 79.7 cm³/mol. The summed E-state index contributed by atoms with van der Waals surface area (Å²) in [6.07, 6.45) is 8.87. The van der Waals surface area contributed by atoms with Gasteiger partial charge in [0, 0.05) is 12.5 Å². The highest BCUT2D eigenvalue weighted by molar-refractivity contribution is 5.44. The second-order valence-electron chi connectivity index (χ2n) is 5.80. The van der Waals surface area contributed by atoms with E-state index in [1.54, 1.807) is 6.26 Å². The lowest BCUT2D eigenvalue weighted by molar-refractivity contribution is 0.308. The molecule has 0 aliphatic heterocycles. The van der Waals surface area contributed by atoms with Gasteiger partial charge in [-0.3, -0.25) is 0 Å². The van der Waals surface area contributed by atoms with Gasteiger partial charge < -0.3 is 14.3 Å². The van der Waals surface area contributed by atoms with E-state index in [4.69, 9.17) is 8.94 Å². The van der Waals surface area contributed by atoms with E-state index in [9.17, 15) is 0 Å². The third-order valence-electron chi connectivity index (χ3n) is 4.23. The SMILES string of the molecule is CCCNC(Cc1nc(-c2ccco2)no1)C1CCCC1. The second-order valence-corrected chi connectivity index (χ2v) is 5.80. The minimum Gasteiger partial charge on any atom is -0.461 e. The quantitative estimate of drug-likeness (QED) is 0.846. The van der Waals surface area contributed by atoms with Crippen molar-refractivity contribution in [1.29, 1.82) is 0 Å². The van der Waals surface area contributed by atoms with Gasteiger partial charge in [-0.25, -0.2) is 0 Å². The molecule has 1 saturated carbocycles. The first-order valence-electron chi connectivity index (χ1n) is 7.96. The first kappa shape index (κ1) is 14.3. The molecule has 1 unspecified atom stereocenters. The minimum absolute atomic E-state index is 0.442. The van der Waals surface area contributed by atoms with E-state index in [-0.39, 0.29) is 0 Å². The number of nitrogens with one attached hydrogen (secondary N) is 1. The summed E-state index contributed by atoms with van der Waals surface area (Å²) in [5.41, 5.74) is 0. The highest BCUT2D eigenvalue weighted by Crippen LogP contribution is 2.29. The van der Waals surface area contributed by atoms with Crippen LogP contribution in [0, 0.1) is 5.92 Å². The number of aromatic nitrogens is 2. The van der Waals surface area contributed by atoms with Crippen LogP contribution in [0.5, 0.6) is 0 Å². The lowest BCUT2D eigenvalue weighted by Crippen LogP contribution is -2.37. The normalized spacial score (nSPS) is 17.4. The standard InChI is InChI=1S/C16H23N3O2/c1-2-9-17-13(12-6-3-4-7-12)11-15-18-16(19-21-15)14-8-5-10-20-14/h5,8,10,12-13,17H,2-4,6-7,9,11H2,1H3. The summed E-state index contributed by atoms with van der Waals surface area (Å²) in [6.45, 7) is 3.24. The molecule has 2 aromatic rings. The van der Waals surface area contributed by atoms with Gasteiger partial charge in [0.2, 0.25) is 11.7 Å². The van der Waals surface area contributed by atoms with E-state index in [1.807, 2.05) is 12.1 Å². The smallest absolute Gasteiger partial charge is 0.238 e. The Labute approximate surface area is 125 Å². The molecule has 2 heterocycles. The largest absolute Gasteiger partial charge is 0.461 e. The lowest BCUT2D eigenvalue weighted by Gasteiger charge is -2.23. The molecule has 5 nitrogen and oxygen atoms in total. The van der Waals surface area contributed by atoms with E-state index in [1.165, 1.54) is 25.7 Å². The first-order valence-corrected chi connectivity index (χ1v) is 7.96. The molecule has 1 aliphatic rings. The third kappa shape index (κ3) is 3.53. The highest BCUT2D eigenvalue weighted by Gasteiger charge is 2.26. The fraction of sp³-hybridized carbons (Fsp3) is 0.625. The minimum atomic E-state index is 0.442. The molecule has 0 spiro atoms. The van der Waals surface area contributed by atoms with Crippen molar-refractivity contribution < 1.29 is 8.94 Å². The molecular weight excluding hydrogens is 266 g/mol. The van der Waals surface area contributed by atoms with Crippen molar-refractivity contribution in [3.05, 3.63) is 24.3 Å². The Kier molecular flexibility index (Phi) is 4.70. The summed E-state index contributed by atoms with van der Waals surface area (Å²) in [5.74, 6) is 2.62. The van der Waals surface area contributed by atoms with Gasteiger partial charge in [0.25, 0.3) is 0 Å². The van der Waals surface area contributed by atoms with Gasteiger partial charge in [0.15, 0.2) is 5.76 Å². The molecule has 0 aromatic carbocycles.